The highest BCUT2D eigenvalue weighted by Crippen LogP contribution is 2.34. The summed E-state index contributed by atoms with van der Waals surface area (Å²) in [5.41, 5.74) is -1.98. The van der Waals surface area contributed by atoms with Gasteiger partial charge in [0.15, 0.2) is 0 Å². The van der Waals surface area contributed by atoms with Crippen molar-refractivity contribution in [3.05, 3.63) is 29.3 Å². The van der Waals surface area contributed by atoms with E-state index in [0.717, 1.165) is 12.1 Å². The zero-order valence-electron chi connectivity index (χ0n) is 10.8. The molecule has 1 rings (SSSR count). The number of nitriles is 1. The summed E-state index contributed by atoms with van der Waals surface area (Å²) in [4.78, 5) is 0. The zero-order chi connectivity index (χ0) is 14.8. The van der Waals surface area contributed by atoms with Crippen LogP contribution in [0.4, 0.5) is 18.9 Å². The number of halogens is 3. The summed E-state index contributed by atoms with van der Waals surface area (Å²) in [7, 11) is 0. The minimum Gasteiger partial charge on any atom is -0.391 e. The molecule has 6 heteroatoms. The van der Waals surface area contributed by atoms with Crippen LogP contribution in [0.3, 0.4) is 0 Å². The average molecular weight is 272 g/mol. The third-order valence-corrected chi connectivity index (χ3v) is 2.96. The predicted molar refractivity (Wildman–Crippen MR) is 65.5 cm³/mol. The fourth-order valence-corrected chi connectivity index (χ4v) is 1.43. The number of nitrogens with zero attached hydrogens (tertiary/aromatic N) is 1. The number of nitrogens with one attached hydrogen (secondary N) is 1. The van der Waals surface area contributed by atoms with E-state index in [2.05, 4.69) is 5.32 Å². The van der Waals surface area contributed by atoms with E-state index >= 15 is 0 Å². The average Bonchev–Trinajstić information content (AvgIpc) is 2.27. The van der Waals surface area contributed by atoms with Crippen LogP contribution in [0.5, 0.6) is 0 Å². The highest BCUT2D eigenvalue weighted by atomic mass is 19.4. The fraction of sp³-hybridized carbons (Fsp3) is 0.462. The minimum absolute atomic E-state index is 0.206. The van der Waals surface area contributed by atoms with Crippen LogP contribution in [0, 0.1) is 11.3 Å². The molecular weight excluding hydrogens is 257 g/mol. The van der Waals surface area contributed by atoms with Crippen molar-refractivity contribution in [3.8, 4) is 6.07 Å². The Balaban J connectivity index is 3.18. The van der Waals surface area contributed by atoms with Gasteiger partial charge in [0.05, 0.1) is 28.8 Å². The third-order valence-electron chi connectivity index (χ3n) is 2.96. The van der Waals surface area contributed by atoms with E-state index in [4.69, 9.17) is 5.26 Å². The lowest BCUT2D eigenvalue weighted by Gasteiger charge is -2.30. The van der Waals surface area contributed by atoms with Crippen LogP contribution in [0.25, 0.3) is 0 Å². The number of aliphatic hydroxyl groups is 1. The van der Waals surface area contributed by atoms with Gasteiger partial charge in [0.1, 0.15) is 0 Å². The number of hydrogen-bond acceptors (Lipinski definition) is 3. The first-order valence-electron chi connectivity index (χ1n) is 5.65. The number of rotatable bonds is 3. The Labute approximate surface area is 109 Å². The molecule has 0 saturated carbocycles. The highest BCUT2D eigenvalue weighted by Gasteiger charge is 2.34. The van der Waals surface area contributed by atoms with Crippen molar-refractivity contribution in [2.75, 3.05) is 5.32 Å². The van der Waals surface area contributed by atoms with Crippen LogP contribution in [0.15, 0.2) is 18.2 Å². The number of benzene rings is 1. The molecule has 1 unspecified atom stereocenters. The van der Waals surface area contributed by atoms with Crippen molar-refractivity contribution >= 4 is 5.69 Å². The second-order valence-corrected chi connectivity index (χ2v) is 4.89. The van der Waals surface area contributed by atoms with Crippen molar-refractivity contribution < 1.29 is 18.3 Å². The van der Waals surface area contributed by atoms with Gasteiger partial charge in [0, 0.05) is 5.69 Å². The maximum Gasteiger partial charge on any atom is 0.417 e. The summed E-state index contributed by atoms with van der Waals surface area (Å²) in [6.45, 7) is 4.88. The fourth-order valence-electron chi connectivity index (χ4n) is 1.43. The molecule has 1 atom stereocenters. The molecule has 3 nitrogen and oxygen atoms in total. The van der Waals surface area contributed by atoms with Crippen molar-refractivity contribution in [1.29, 1.82) is 5.26 Å². The van der Waals surface area contributed by atoms with Crippen LogP contribution in [-0.4, -0.2) is 16.7 Å². The summed E-state index contributed by atoms with van der Waals surface area (Å²) >= 11 is 0. The van der Waals surface area contributed by atoms with Crippen LogP contribution >= 0.6 is 0 Å². The molecule has 0 aliphatic heterocycles. The topological polar surface area (TPSA) is 56.0 Å². The Morgan fingerprint density at radius 1 is 1.32 bits per heavy atom. The van der Waals surface area contributed by atoms with Gasteiger partial charge in [-0.05, 0) is 39.0 Å². The second-order valence-electron chi connectivity index (χ2n) is 4.89. The molecule has 0 aromatic heterocycles. The first-order valence-corrected chi connectivity index (χ1v) is 5.65. The van der Waals surface area contributed by atoms with Gasteiger partial charge >= 0.3 is 6.18 Å². The van der Waals surface area contributed by atoms with Gasteiger partial charge in [0.2, 0.25) is 0 Å². The van der Waals surface area contributed by atoms with E-state index in [9.17, 15) is 18.3 Å². The summed E-state index contributed by atoms with van der Waals surface area (Å²) in [5.74, 6) is 0. The maximum atomic E-state index is 12.8. The molecule has 2 N–H and O–H groups in total. The smallest absolute Gasteiger partial charge is 0.391 e. The molecular formula is C13H15F3N2O. The van der Waals surface area contributed by atoms with E-state index in [1.165, 1.54) is 12.1 Å². The number of aliphatic hydroxyl groups excluding tert-OH is 1. The van der Waals surface area contributed by atoms with Crippen molar-refractivity contribution in [2.45, 2.75) is 38.6 Å². The first kappa shape index (κ1) is 15.3. The van der Waals surface area contributed by atoms with E-state index in [1.54, 1.807) is 20.8 Å². The van der Waals surface area contributed by atoms with Crippen molar-refractivity contribution in [1.82, 2.24) is 0 Å². The van der Waals surface area contributed by atoms with Gasteiger partial charge in [-0.3, -0.25) is 0 Å². The number of anilines is 1. The molecule has 1 aromatic rings. The summed E-state index contributed by atoms with van der Waals surface area (Å²) in [6, 6.07) is 4.90. The van der Waals surface area contributed by atoms with Gasteiger partial charge in [0.25, 0.3) is 0 Å². The molecule has 0 radical (unpaired) electrons. The Hall–Kier alpha value is -1.74. The molecule has 1 aromatic carbocycles. The summed E-state index contributed by atoms with van der Waals surface area (Å²) < 4.78 is 38.3. The van der Waals surface area contributed by atoms with Gasteiger partial charge in [-0.1, -0.05) is 0 Å². The van der Waals surface area contributed by atoms with Crippen molar-refractivity contribution in [3.63, 3.8) is 0 Å². The first-order chi connectivity index (χ1) is 8.58. The van der Waals surface area contributed by atoms with Crippen LogP contribution in [-0.2, 0) is 6.18 Å². The zero-order valence-corrected chi connectivity index (χ0v) is 10.8. The molecule has 0 fully saturated rings. The third kappa shape index (κ3) is 3.61. The normalized spacial score (nSPS) is 13.8. The lowest BCUT2D eigenvalue weighted by Crippen LogP contribution is -2.41. The lowest BCUT2D eigenvalue weighted by atomic mass is 9.97. The van der Waals surface area contributed by atoms with E-state index < -0.39 is 28.9 Å². The maximum absolute atomic E-state index is 12.8. The largest absolute Gasteiger partial charge is 0.417 e. The van der Waals surface area contributed by atoms with Gasteiger partial charge in [-0.15, -0.1) is 0 Å². The monoisotopic (exact) mass is 272 g/mol. The van der Waals surface area contributed by atoms with E-state index in [0.29, 0.717) is 0 Å². The lowest BCUT2D eigenvalue weighted by molar-refractivity contribution is -0.137. The quantitative estimate of drug-likeness (QED) is 0.888. The van der Waals surface area contributed by atoms with E-state index in [1.807, 2.05) is 0 Å². The van der Waals surface area contributed by atoms with Crippen LogP contribution in [0.2, 0.25) is 0 Å². The standard InChI is InChI=1S/C13H15F3N2O/c1-8(19)12(2,3)18-10-5-4-9(7-17)11(6-10)13(14,15)16/h4-6,8,18-19H,1-3H3. The minimum atomic E-state index is -4.59. The summed E-state index contributed by atoms with van der Waals surface area (Å²) in [6.07, 6.45) is -5.34. The van der Waals surface area contributed by atoms with Crippen LogP contribution < -0.4 is 5.32 Å². The molecule has 0 bridgehead atoms. The Morgan fingerprint density at radius 3 is 2.32 bits per heavy atom. The Kier molecular flexibility index (Phi) is 4.11. The molecule has 0 saturated heterocycles. The summed E-state index contributed by atoms with van der Waals surface area (Å²) in [5, 5.41) is 21.0. The molecule has 0 amide bonds. The van der Waals surface area contributed by atoms with Gasteiger partial charge < -0.3 is 10.4 Å². The number of alkyl halides is 3. The van der Waals surface area contributed by atoms with Gasteiger partial charge in [-0.2, -0.15) is 18.4 Å². The molecule has 19 heavy (non-hydrogen) atoms. The van der Waals surface area contributed by atoms with Gasteiger partial charge in [-0.25, -0.2) is 0 Å². The van der Waals surface area contributed by atoms with E-state index in [-0.39, 0.29) is 5.69 Å². The molecule has 0 aliphatic rings. The Bertz CT molecular complexity index is 502. The molecule has 0 aliphatic carbocycles. The Morgan fingerprint density at radius 2 is 1.89 bits per heavy atom. The number of hydrogen-bond donors (Lipinski definition) is 2. The molecule has 0 spiro atoms. The second kappa shape index (κ2) is 5.10. The molecule has 0 heterocycles. The SMILES string of the molecule is CC(O)C(C)(C)Nc1ccc(C#N)c(C(F)(F)F)c1. The predicted octanol–water partition coefficient (Wildman–Crippen LogP) is 3.15. The van der Waals surface area contributed by atoms with Crippen molar-refractivity contribution in [2.24, 2.45) is 0 Å². The molecule has 104 valence electrons. The highest BCUT2D eigenvalue weighted by molar-refractivity contribution is 5.54. The van der Waals surface area contributed by atoms with Crippen LogP contribution in [0.1, 0.15) is 31.9 Å².